The van der Waals surface area contributed by atoms with Crippen LogP contribution < -0.4 is 16.6 Å². The topological polar surface area (TPSA) is 80.0 Å². The Labute approximate surface area is 118 Å². The van der Waals surface area contributed by atoms with Crippen LogP contribution in [-0.2, 0) is 6.42 Å². The molecule has 20 heavy (non-hydrogen) atoms. The van der Waals surface area contributed by atoms with E-state index in [-0.39, 0.29) is 5.91 Å². The number of aromatic nitrogens is 1. The number of pyridine rings is 1. The Hall–Kier alpha value is -2.40. The Balaban J connectivity index is 1.87. The fraction of sp³-hybridized carbons (Fsp3) is 0.200. The summed E-state index contributed by atoms with van der Waals surface area (Å²) in [5.41, 5.74) is 5.99. The number of nitrogens with zero attached hydrogens (tertiary/aromatic N) is 1. The van der Waals surface area contributed by atoms with E-state index in [1.165, 1.54) is 17.3 Å². The van der Waals surface area contributed by atoms with E-state index in [1.807, 2.05) is 12.1 Å². The summed E-state index contributed by atoms with van der Waals surface area (Å²) in [6.45, 7) is 2.65. The standard InChI is InChI=1S/C15H18N4O/c1-11-4-2-3-5-12(11)8-9-17-15(20)14-7-6-13(19-16)10-18-14/h2-7,10,19H,8-9,16H2,1H3,(H,17,20). The van der Waals surface area contributed by atoms with E-state index in [4.69, 9.17) is 5.84 Å². The Bertz CT molecular complexity index is 581. The van der Waals surface area contributed by atoms with Gasteiger partial charge in [-0.05, 0) is 36.6 Å². The molecule has 0 saturated carbocycles. The molecular weight excluding hydrogens is 252 g/mol. The van der Waals surface area contributed by atoms with Gasteiger partial charge in [0.2, 0.25) is 0 Å². The molecule has 0 atom stereocenters. The van der Waals surface area contributed by atoms with Crippen molar-refractivity contribution in [3.8, 4) is 0 Å². The molecule has 104 valence electrons. The zero-order valence-corrected chi connectivity index (χ0v) is 11.4. The van der Waals surface area contributed by atoms with Crippen molar-refractivity contribution in [2.75, 3.05) is 12.0 Å². The Morgan fingerprint density at radius 2 is 2.05 bits per heavy atom. The number of benzene rings is 1. The third-order valence-corrected chi connectivity index (χ3v) is 3.10. The van der Waals surface area contributed by atoms with Gasteiger partial charge in [-0.1, -0.05) is 24.3 Å². The van der Waals surface area contributed by atoms with Crippen molar-refractivity contribution in [2.24, 2.45) is 5.84 Å². The number of carbonyl (C=O) groups is 1. The lowest BCUT2D eigenvalue weighted by atomic mass is 10.1. The largest absolute Gasteiger partial charge is 0.350 e. The molecule has 2 rings (SSSR count). The average molecular weight is 270 g/mol. The number of nitrogens with one attached hydrogen (secondary N) is 2. The van der Waals surface area contributed by atoms with Gasteiger partial charge in [0.05, 0.1) is 11.9 Å². The second kappa shape index (κ2) is 6.68. The van der Waals surface area contributed by atoms with Crippen molar-refractivity contribution in [1.82, 2.24) is 10.3 Å². The predicted molar refractivity (Wildman–Crippen MR) is 79.3 cm³/mol. The Kier molecular flexibility index (Phi) is 4.68. The van der Waals surface area contributed by atoms with Crippen LogP contribution in [0.5, 0.6) is 0 Å². The lowest BCUT2D eigenvalue weighted by molar-refractivity contribution is 0.0949. The lowest BCUT2D eigenvalue weighted by Gasteiger charge is -2.07. The normalized spacial score (nSPS) is 10.1. The summed E-state index contributed by atoms with van der Waals surface area (Å²) in [5.74, 6) is 5.07. The van der Waals surface area contributed by atoms with E-state index >= 15 is 0 Å². The van der Waals surface area contributed by atoms with E-state index in [2.05, 4.69) is 34.8 Å². The number of hydrazine groups is 1. The van der Waals surface area contributed by atoms with Crippen molar-refractivity contribution in [2.45, 2.75) is 13.3 Å². The van der Waals surface area contributed by atoms with Crippen LogP contribution in [0.3, 0.4) is 0 Å². The second-order valence-electron chi connectivity index (χ2n) is 4.51. The number of hydrogen-bond donors (Lipinski definition) is 3. The van der Waals surface area contributed by atoms with Gasteiger partial charge in [0.1, 0.15) is 5.69 Å². The van der Waals surface area contributed by atoms with Crippen molar-refractivity contribution in [3.05, 3.63) is 59.4 Å². The van der Waals surface area contributed by atoms with Crippen LogP contribution in [0.4, 0.5) is 5.69 Å². The van der Waals surface area contributed by atoms with Crippen LogP contribution in [0.25, 0.3) is 0 Å². The molecule has 0 radical (unpaired) electrons. The zero-order chi connectivity index (χ0) is 14.4. The first-order valence-electron chi connectivity index (χ1n) is 6.46. The highest BCUT2D eigenvalue weighted by Crippen LogP contribution is 2.07. The molecule has 1 amide bonds. The summed E-state index contributed by atoms with van der Waals surface area (Å²) in [4.78, 5) is 15.9. The molecule has 1 heterocycles. The van der Waals surface area contributed by atoms with Crippen molar-refractivity contribution in [3.63, 3.8) is 0 Å². The number of rotatable bonds is 5. The molecule has 0 aliphatic carbocycles. The van der Waals surface area contributed by atoms with E-state index in [1.54, 1.807) is 12.1 Å². The molecule has 0 aliphatic heterocycles. The van der Waals surface area contributed by atoms with Crippen LogP contribution in [0.1, 0.15) is 21.6 Å². The van der Waals surface area contributed by atoms with Crippen LogP contribution in [0.15, 0.2) is 42.6 Å². The average Bonchev–Trinajstić information content (AvgIpc) is 2.49. The second-order valence-corrected chi connectivity index (χ2v) is 4.51. The summed E-state index contributed by atoms with van der Waals surface area (Å²) >= 11 is 0. The molecular formula is C15H18N4O. The minimum atomic E-state index is -0.179. The summed E-state index contributed by atoms with van der Waals surface area (Å²) < 4.78 is 0. The number of hydrogen-bond acceptors (Lipinski definition) is 4. The number of nitrogen functional groups attached to an aromatic ring is 1. The SMILES string of the molecule is Cc1ccccc1CCNC(=O)c1ccc(NN)cn1. The molecule has 0 saturated heterocycles. The van der Waals surface area contributed by atoms with E-state index in [9.17, 15) is 4.79 Å². The number of amides is 1. The molecule has 2 aromatic rings. The summed E-state index contributed by atoms with van der Waals surface area (Å²) in [6.07, 6.45) is 2.33. The van der Waals surface area contributed by atoms with Gasteiger partial charge < -0.3 is 10.7 Å². The van der Waals surface area contributed by atoms with Gasteiger partial charge in [-0.15, -0.1) is 0 Å². The summed E-state index contributed by atoms with van der Waals surface area (Å²) in [6, 6.07) is 11.5. The fourth-order valence-electron chi connectivity index (χ4n) is 1.91. The number of anilines is 1. The number of aryl methyl sites for hydroxylation is 1. The monoisotopic (exact) mass is 270 g/mol. The maximum atomic E-state index is 11.9. The molecule has 5 nitrogen and oxygen atoms in total. The van der Waals surface area contributed by atoms with Crippen LogP contribution in [-0.4, -0.2) is 17.4 Å². The van der Waals surface area contributed by atoms with Crippen molar-refractivity contribution < 1.29 is 4.79 Å². The van der Waals surface area contributed by atoms with Crippen LogP contribution in [0, 0.1) is 6.92 Å². The quantitative estimate of drug-likeness (QED) is 0.570. The van der Waals surface area contributed by atoms with Gasteiger partial charge >= 0.3 is 0 Å². The predicted octanol–water partition coefficient (Wildman–Crippen LogP) is 1.65. The summed E-state index contributed by atoms with van der Waals surface area (Å²) in [5, 5.41) is 2.86. The Morgan fingerprint density at radius 1 is 1.25 bits per heavy atom. The molecule has 0 aliphatic rings. The van der Waals surface area contributed by atoms with Gasteiger partial charge in [0.25, 0.3) is 5.91 Å². The molecule has 0 unspecified atom stereocenters. The highest BCUT2D eigenvalue weighted by Gasteiger charge is 2.06. The van der Waals surface area contributed by atoms with Gasteiger partial charge in [-0.3, -0.25) is 10.6 Å². The highest BCUT2D eigenvalue weighted by atomic mass is 16.1. The molecule has 1 aromatic carbocycles. The van der Waals surface area contributed by atoms with E-state index in [0.29, 0.717) is 17.9 Å². The maximum Gasteiger partial charge on any atom is 0.269 e. The maximum absolute atomic E-state index is 11.9. The lowest BCUT2D eigenvalue weighted by Crippen LogP contribution is -2.26. The van der Waals surface area contributed by atoms with Gasteiger partial charge in [-0.25, -0.2) is 4.98 Å². The van der Waals surface area contributed by atoms with E-state index in [0.717, 1.165) is 6.42 Å². The first-order chi connectivity index (χ1) is 9.70. The highest BCUT2D eigenvalue weighted by molar-refractivity contribution is 5.92. The third-order valence-electron chi connectivity index (χ3n) is 3.10. The Morgan fingerprint density at radius 3 is 2.70 bits per heavy atom. The van der Waals surface area contributed by atoms with Gasteiger partial charge in [-0.2, -0.15) is 0 Å². The smallest absolute Gasteiger partial charge is 0.269 e. The zero-order valence-electron chi connectivity index (χ0n) is 11.4. The third kappa shape index (κ3) is 3.55. The van der Waals surface area contributed by atoms with Crippen LogP contribution in [0.2, 0.25) is 0 Å². The first kappa shape index (κ1) is 14.0. The van der Waals surface area contributed by atoms with Crippen molar-refractivity contribution >= 4 is 11.6 Å². The first-order valence-corrected chi connectivity index (χ1v) is 6.46. The van der Waals surface area contributed by atoms with Crippen LogP contribution >= 0.6 is 0 Å². The van der Waals surface area contributed by atoms with E-state index < -0.39 is 0 Å². The summed E-state index contributed by atoms with van der Waals surface area (Å²) in [7, 11) is 0. The van der Waals surface area contributed by atoms with Gasteiger partial charge in [0, 0.05) is 6.54 Å². The minimum Gasteiger partial charge on any atom is -0.350 e. The molecule has 0 fully saturated rings. The molecule has 1 aromatic heterocycles. The number of carbonyl (C=O) groups excluding carboxylic acids is 1. The molecule has 4 N–H and O–H groups in total. The molecule has 0 bridgehead atoms. The minimum absolute atomic E-state index is 0.179. The number of nitrogens with two attached hydrogens (primary N) is 1. The molecule has 5 heteroatoms. The fourth-order valence-corrected chi connectivity index (χ4v) is 1.91. The van der Waals surface area contributed by atoms with Gasteiger partial charge in [0.15, 0.2) is 0 Å². The molecule has 0 spiro atoms. The van der Waals surface area contributed by atoms with Crippen molar-refractivity contribution in [1.29, 1.82) is 0 Å².